The molecule has 10 heteroatoms. The second-order valence-corrected chi connectivity index (χ2v) is 8.82. The third kappa shape index (κ3) is 7.21. The Morgan fingerprint density at radius 1 is 1.30 bits per heavy atom. The van der Waals surface area contributed by atoms with Crippen LogP contribution in [0.1, 0.15) is 37.0 Å². The molecular formula is C23H30ClN5O4. The van der Waals surface area contributed by atoms with E-state index in [2.05, 4.69) is 15.6 Å². The van der Waals surface area contributed by atoms with Crippen LogP contribution in [0.3, 0.4) is 0 Å². The number of nitrogens with one attached hydrogen (secondary N) is 2. The average molecular weight is 476 g/mol. The Labute approximate surface area is 198 Å². The van der Waals surface area contributed by atoms with E-state index in [1.807, 2.05) is 13.8 Å². The molecular weight excluding hydrogens is 446 g/mol. The molecule has 2 heterocycles. The van der Waals surface area contributed by atoms with Gasteiger partial charge in [0, 0.05) is 30.5 Å². The summed E-state index contributed by atoms with van der Waals surface area (Å²) >= 11 is 6.10. The number of hydrogen-bond donors (Lipinski definition) is 2. The minimum absolute atomic E-state index is 0.0463. The van der Waals surface area contributed by atoms with Crippen molar-refractivity contribution in [2.75, 3.05) is 26.2 Å². The number of hydrogen-bond acceptors (Lipinski definition) is 5. The summed E-state index contributed by atoms with van der Waals surface area (Å²) in [7, 11) is 0. The molecule has 0 aliphatic carbocycles. The zero-order valence-corrected chi connectivity index (χ0v) is 19.7. The molecule has 33 heavy (non-hydrogen) atoms. The number of fused-ring (bicyclic) bond motifs is 1. The molecule has 9 nitrogen and oxygen atoms in total. The van der Waals surface area contributed by atoms with Crippen LogP contribution in [0.2, 0.25) is 5.02 Å². The van der Waals surface area contributed by atoms with E-state index in [0.29, 0.717) is 42.3 Å². The zero-order valence-electron chi connectivity index (χ0n) is 18.9. The van der Waals surface area contributed by atoms with Crippen molar-refractivity contribution >= 4 is 29.3 Å². The quantitative estimate of drug-likeness (QED) is 0.707. The first-order valence-corrected chi connectivity index (χ1v) is 11.4. The van der Waals surface area contributed by atoms with E-state index in [1.54, 1.807) is 46.4 Å². The molecule has 0 saturated heterocycles. The average Bonchev–Trinajstić information content (AvgIpc) is 3.28. The standard InChI is InChI=1S/C23H30ClN5O4/c1-16(2)19-14-33-20-6-5-17(24)11-18(20)23(32)26-7-3-4-9-29(12-21(30)27-19)22(31)13-28-10-8-25-15-28/h5-6,8,10-11,15-16,19H,3-4,7,9,12-14H2,1-2H3,(H,26,32)(H,27,30)/t19-/m1/s1. The number of halogens is 1. The van der Waals surface area contributed by atoms with Crippen molar-refractivity contribution in [2.45, 2.75) is 39.3 Å². The van der Waals surface area contributed by atoms with E-state index in [-0.39, 0.29) is 49.4 Å². The topological polar surface area (TPSA) is 106 Å². The van der Waals surface area contributed by atoms with Crippen molar-refractivity contribution in [3.8, 4) is 5.75 Å². The Hall–Kier alpha value is -3.07. The number of amides is 3. The molecule has 2 N–H and O–H groups in total. The molecule has 0 spiro atoms. The number of benzene rings is 1. The van der Waals surface area contributed by atoms with Crippen LogP contribution in [0.4, 0.5) is 0 Å². The van der Waals surface area contributed by atoms with E-state index in [1.165, 1.54) is 0 Å². The second-order valence-electron chi connectivity index (χ2n) is 8.38. The monoisotopic (exact) mass is 475 g/mol. The number of carbonyl (C=O) groups excluding carboxylic acids is 3. The Morgan fingerprint density at radius 2 is 2.12 bits per heavy atom. The fourth-order valence-corrected chi connectivity index (χ4v) is 3.64. The molecule has 1 aromatic heterocycles. The van der Waals surface area contributed by atoms with Crippen molar-refractivity contribution in [3.05, 3.63) is 47.5 Å². The van der Waals surface area contributed by atoms with Gasteiger partial charge in [0.15, 0.2) is 0 Å². The van der Waals surface area contributed by atoms with Gasteiger partial charge in [-0.15, -0.1) is 0 Å². The van der Waals surface area contributed by atoms with Crippen molar-refractivity contribution in [2.24, 2.45) is 5.92 Å². The lowest BCUT2D eigenvalue weighted by Crippen LogP contribution is -2.48. The molecule has 0 radical (unpaired) electrons. The molecule has 0 unspecified atom stereocenters. The lowest BCUT2D eigenvalue weighted by Gasteiger charge is -2.26. The predicted octanol–water partition coefficient (Wildman–Crippen LogP) is 2.11. The molecule has 3 amide bonds. The molecule has 0 saturated carbocycles. The summed E-state index contributed by atoms with van der Waals surface area (Å²) in [6, 6.07) is 4.59. The smallest absolute Gasteiger partial charge is 0.255 e. The maximum absolute atomic E-state index is 12.8. The van der Waals surface area contributed by atoms with Crippen LogP contribution in [0, 0.1) is 5.92 Å². The summed E-state index contributed by atoms with van der Waals surface area (Å²) in [5.74, 6) is -0.221. The highest BCUT2D eigenvalue weighted by Gasteiger charge is 2.23. The van der Waals surface area contributed by atoms with Gasteiger partial charge in [0.1, 0.15) is 18.9 Å². The lowest BCUT2D eigenvalue weighted by molar-refractivity contribution is -0.137. The molecule has 0 bridgehead atoms. The number of ether oxygens (including phenoxy) is 1. The highest BCUT2D eigenvalue weighted by molar-refractivity contribution is 6.31. The Balaban J connectivity index is 1.77. The van der Waals surface area contributed by atoms with E-state index in [9.17, 15) is 14.4 Å². The van der Waals surface area contributed by atoms with Gasteiger partial charge in [0.2, 0.25) is 11.8 Å². The first kappa shape index (κ1) is 24.6. The maximum atomic E-state index is 12.8. The highest BCUT2D eigenvalue weighted by Crippen LogP contribution is 2.23. The fourth-order valence-electron chi connectivity index (χ4n) is 3.46. The number of aromatic nitrogens is 2. The van der Waals surface area contributed by atoms with E-state index in [0.717, 1.165) is 0 Å². The minimum atomic E-state index is -0.306. The largest absolute Gasteiger partial charge is 0.491 e. The first-order chi connectivity index (χ1) is 15.8. The van der Waals surface area contributed by atoms with Crippen molar-refractivity contribution in [1.29, 1.82) is 0 Å². The SMILES string of the molecule is CC(C)[C@H]1COc2ccc(Cl)cc2C(=O)NCCCCN(C(=O)Cn2ccnc2)CC(=O)N1. The van der Waals surface area contributed by atoms with Crippen LogP contribution in [0.25, 0.3) is 0 Å². The molecule has 1 aliphatic rings. The number of nitrogens with zero attached hydrogens (tertiary/aromatic N) is 3. The summed E-state index contributed by atoms with van der Waals surface area (Å²) in [4.78, 5) is 43.9. The Bertz CT molecular complexity index is 964. The third-order valence-corrected chi connectivity index (χ3v) is 5.70. The van der Waals surface area contributed by atoms with Gasteiger partial charge in [0.05, 0.1) is 24.5 Å². The number of imidazole rings is 1. The first-order valence-electron chi connectivity index (χ1n) is 11.1. The van der Waals surface area contributed by atoms with Gasteiger partial charge in [-0.1, -0.05) is 25.4 Å². The molecule has 1 aliphatic heterocycles. The molecule has 3 rings (SSSR count). The normalized spacial score (nSPS) is 18.4. The van der Waals surface area contributed by atoms with E-state index in [4.69, 9.17) is 16.3 Å². The van der Waals surface area contributed by atoms with Gasteiger partial charge in [0.25, 0.3) is 5.91 Å². The van der Waals surface area contributed by atoms with Gasteiger partial charge in [-0.3, -0.25) is 14.4 Å². The predicted molar refractivity (Wildman–Crippen MR) is 124 cm³/mol. The summed E-state index contributed by atoms with van der Waals surface area (Å²) in [6.07, 6.45) is 6.16. The number of carbonyl (C=O) groups is 3. The van der Waals surface area contributed by atoms with Crippen molar-refractivity contribution in [1.82, 2.24) is 25.1 Å². The van der Waals surface area contributed by atoms with Crippen molar-refractivity contribution < 1.29 is 19.1 Å². The summed E-state index contributed by atoms with van der Waals surface area (Å²) < 4.78 is 7.60. The van der Waals surface area contributed by atoms with Gasteiger partial charge >= 0.3 is 0 Å². The van der Waals surface area contributed by atoms with Crippen LogP contribution >= 0.6 is 11.6 Å². The van der Waals surface area contributed by atoms with Gasteiger partial charge in [-0.2, -0.15) is 0 Å². The van der Waals surface area contributed by atoms with Crippen molar-refractivity contribution in [3.63, 3.8) is 0 Å². The summed E-state index contributed by atoms with van der Waals surface area (Å²) in [5, 5.41) is 6.30. The van der Waals surface area contributed by atoms with E-state index < -0.39 is 0 Å². The van der Waals surface area contributed by atoms with Crippen LogP contribution in [-0.2, 0) is 16.1 Å². The van der Waals surface area contributed by atoms with Crippen LogP contribution in [-0.4, -0.2) is 64.5 Å². The highest BCUT2D eigenvalue weighted by atomic mass is 35.5. The second kappa shape index (κ2) is 11.7. The van der Waals surface area contributed by atoms with E-state index >= 15 is 0 Å². The minimum Gasteiger partial charge on any atom is -0.491 e. The molecule has 2 aromatic rings. The molecule has 1 aromatic carbocycles. The van der Waals surface area contributed by atoms with Crippen LogP contribution < -0.4 is 15.4 Å². The van der Waals surface area contributed by atoms with Crippen LogP contribution in [0.15, 0.2) is 36.9 Å². The van der Waals surface area contributed by atoms with Gasteiger partial charge in [-0.25, -0.2) is 4.98 Å². The zero-order chi connectivity index (χ0) is 23.8. The molecule has 0 fully saturated rings. The van der Waals surface area contributed by atoms with Gasteiger partial charge in [-0.05, 0) is 37.0 Å². The maximum Gasteiger partial charge on any atom is 0.255 e. The van der Waals surface area contributed by atoms with Gasteiger partial charge < -0.3 is 24.8 Å². The Morgan fingerprint density at radius 3 is 2.85 bits per heavy atom. The summed E-state index contributed by atoms with van der Waals surface area (Å²) in [5.41, 5.74) is 0.350. The lowest BCUT2D eigenvalue weighted by atomic mass is 10.1. The summed E-state index contributed by atoms with van der Waals surface area (Å²) in [6.45, 7) is 5.01. The Kier molecular flexibility index (Phi) is 8.71. The number of rotatable bonds is 3. The molecule has 1 atom stereocenters. The molecule has 178 valence electrons. The van der Waals surface area contributed by atoms with Crippen LogP contribution in [0.5, 0.6) is 5.75 Å². The third-order valence-electron chi connectivity index (χ3n) is 5.46. The fraction of sp³-hybridized carbons (Fsp3) is 0.478.